The van der Waals surface area contributed by atoms with Gasteiger partial charge in [0.05, 0.1) is 6.54 Å². The Hall–Kier alpha value is -1.15. The van der Waals surface area contributed by atoms with Crippen LogP contribution in [0.25, 0.3) is 0 Å². The van der Waals surface area contributed by atoms with Crippen molar-refractivity contribution in [3.05, 3.63) is 34.9 Å². The molecule has 1 saturated carbocycles. The first-order chi connectivity index (χ1) is 10.3. The zero-order chi connectivity index (χ0) is 14.2. The molecule has 1 aromatic rings. The molecule has 0 amide bonds. The molecule has 2 heteroatoms. The van der Waals surface area contributed by atoms with Crippen LogP contribution in [0.4, 0.5) is 0 Å². The molecule has 21 heavy (non-hydrogen) atoms. The lowest BCUT2D eigenvalue weighted by Gasteiger charge is -2.37. The number of likely N-dealkylation sites (tertiary alicyclic amines) is 1. The van der Waals surface area contributed by atoms with Crippen LogP contribution in [-0.2, 0) is 12.8 Å². The minimum Gasteiger partial charge on any atom is -0.293 e. The van der Waals surface area contributed by atoms with Gasteiger partial charge in [0.15, 0.2) is 5.78 Å². The molecule has 0 spiro atoms. The Bertz CT molecular complexity index is 550. The lowest BCUT2D eigenvalue weighted by molar-refractivity contribution is 0.0777. The zero-order valence-electron chi connectivity index (χ0n) is 12.8. The Labute approximate surface area is 127 Å². The minimum absolute atomic E-state index is 0.331. The second kappa shape index (κ2) is 5.57. The Morgan fingerprint density at radius 3 is 2.86 bits per heavy atom. The van der Waals surface area contributed by atoms with Gasteiger partial charge in [-0.3, -0.25) is 9.69 Å². The fourth-order valence-corrected chi connectivity index (χ4v) is 4.77. The smallest absolute Gasteiger partial charge is 0.176 e. The number of benzene rings is 1. The molecule has 1 aliphatic heterocycles. The normalized spacial score (nSPS) is 28.4. The molecule has 0 bridgehead atoms. The summed E-state index contributed by atoms with van der Waals surface area (Å²) in [6.07, 6.45) is 10.3. The van der Waals surface area contributed by atoms with Crippen LogP contribution < -0.4 is 0 Å². The van der Waals surface area contributed by atoms with E-state index < -0.39 is 0 Å². The standard InChI is InChI=1S/C19H25NO/c21-19(17-10-9-14-4-1-6-16(14)12-17)13-20-11-3-7-15-5-2-8-18(15)20/h9-10,12,15,18H,1-8,11,13H2. The first-order valence-corrected chi connectivity index (χ1v) is 8.70. The third-order valence-electron chi connectivity index (χ3n) is 5.88. The van der Waals surface area contributed by atoms with Crippen LogP contribution in [0.15, 0.2) is 18.2 Å². The van der Waals surface area contributed by atoms with Crippen LogP contribution in [0.3, 0.4) is 0 Å². The van der Waals surface area contributed by atoms with Gasteiger partial charge in [-0.25, -0.2) is 0 Å². The predicted octanol–water partition coefficient (Wildman–Crippen LogP) is 3.62. The third-order valence-corrected chi connectivity index (χ3v) is 5.88. The van der Waals surface area contributed by atoms with Crippen molar-refractivity contribution in [2.24, 2.45) is 5.92 Å². The number of hydrogen-bond donors (Lipinski definition) is 0. The third kappa shape index (κ3) is 2.55. The summed E-state index contributed by atoms with van der Waals surface area (Å²) < 4.78 is 0. The van der Waals surface area contributed by atoms with Crippen molar-refractivity contribution in [2.45, 2.75) is 57.4 Å². The molecule has 2 nitrogen and oxygen atoms in total. The molecule has 1 aromatic carbocycles. The van der Waals surface area contributed by atoms with Gasteiger partial charge in [0, 0.05) is 11.6 Å². The molecule has 112 valence electrons. The van der Waals surface area contributed by atoms with Crippen molar-refractivity contribution in [1.29, 1.82) is 0 Å². The van der Waals surface area contributed by atoms with E-state index in [4.69, 9.17) is 0 Å². The van der Waals surface area contributed by atoms with Gasteiger partial charge in [0.25, 0.3) is 0 Å². The molecule has 0 radical (unpaired) electrons. The van der Waals surface area contributed by atoms with E-state index in [-0.39, 0.29) is 0 Å². The van der Waals surface area contributed by atoms with E-state index in [1.165, 1.54) is 56.1 Å². The van der Waals surface area contributed by atoms with E-state index in [2.05, 4.69) is 23.1 Å². The van der Waals surface area contributed by atoms with Crippen molar-refractivity contribution in [1.82, 2.24) is 4.90 Å². The molecule has 3 aliphatic rings. The maximum atomic E-state index is 12.7. The quantitative estimate of drug-likeness (QED) is 0.790. The fraction of sp³-hybridized carbons (Fsp3) is 0.632. The lowest BCUT2D eigenvalue weighted by atomic mass is 9.91. The fourth-order valence-electron chi connectivity index (χ4n) is 4.77. The summed E-state index contributed by atoms with van der Waals surface area (Å²) in [4.78, 5) is 15.1. The van der Waals surface area contributed by atoms with Crippen LogP contribution in [0.1, 0.15) is 60.0 Å². The van der Waals surface area contributed by atoms with E-state index >= 15 is 0 Å². The van der Waals surface area contributed by atoms with Crippen LogP contribution >= 0.6 is 0 Å². The summed E-state index contributed by atoms with van der Waals surface area (Å²) >= 11 is 0. The summed E-state index contributed by atoms with van der Waals surface area (Å²) in [5.41, 5.74) is 3.81. The van der Waals surface area contributed by atoms with Gasteiger partial charge in [-0.2, -0.15) is 0 Å². The van der Waals surface area contributed by atoms with Crippen LogP contribution in [0.2, 0.25) is 0 Å². The molecular formula is C19H25NO. The highest BCUT2D eigenvalue weighted by Crippen LogP contribution is 2.36. The van der Waals surface area contributed by atoms with Crippen molar-refractivity contribution < 1.29 is 4.79 Å². The number of Topliss-reactive ketones (excluding diaryl/α,β-unsaturated/α-hetero) is 1. The van der Waals surface area contributed by atoms with Gasteiger partial charge in [0.2, 0.25) is 0 Å². The Kier molecular flexibility index (Phi) is 3.58. The molecule has 0 aromatic heterocycles. The molecule has 4 rings (SSSR count). The molecule has 2 fully saturated rings. The first kappa shape index (κ1) is 13.5. The lowest BCUT2D eigenvalue weighted by Crippen LogP contribution is -2.45. The summed E-state index contributed by atoms with van der Waals surface area (Å²) in [7, 11) is 0. The van der Waals surface area contributed by atoms with E-state index in [1.54, 1.807) is 0 Å². The summed E-state index contributed by atoms with van der Waals surface area (Å²) in [6.45, 7) is 1.76. The number of aryl methyl sites for hydroxylation is 2. The average Bonchev–Trinajstić information content (AvgIpc) is 3.15. The number of carbonyl (C=O) groups is 1. The van der Waals surface area contributed by atoms with E-state index in [0.29, 0.717) is 18.4 Å². The Balaban J connectivity index is 1.47. The van der Waals surface area contributed by atoms with E-state index in [0.717, 1.165) is 24.4 Å². The van der Waals surface area contributed by atoms with E-state index in [1.807, 2.05) is 0 Å². The van der Waals surface area contributed by atoms with Crippen molar-refractivity contribution in [3.63, 3.8) is 0 Å². The maximum Gasteiger partial charge on any atom is 0.176 e. The summed E-state index contributed by atoms with van der Waals surface area (Å²) in [5, 5.41) is 0. The van der Waals surface area contributed by atoms with Crippen molar-refractivity contribution >= 4 is 5.78 Å². The van der Waals surface area contributed by atoms with Gasteiger partial charge in [-0.15, -0.1) is 0 Å². The highest BCUT2D eigenvalue weighted by Gasteiger charge is 2.35. The second-order valence-corrected chi connectivity index (χ2v) is 7.13. The molecule has 2 aliphatic carbocycles. The molecule has 1 heterocycles. The number of carbonyl (C=O) groups excluding carboxylic acids is 1. The largest absolute Gasteiger partial charge is 0.293 e. The van der Waals surface area contributed by atoms with Gasteiger partial charge in [-0.05, 0) is 74.6 Å². The number of hydrogen-bond acceptors (Lipinski definition) is 2. The Morgan fingerprint density at radius 1 is 1.05 bits per heavy atom. The molecular weight excluding hydrogens is 258 g/mol. The minimum atomic E-state index is 0.331. The number of piperidine rings is 1. The van der Waals surface area contributed by atoms with Gasteiger partial charge in [0.1, 0.15) is 0 Å². The molecule has 2 atom stereocenters. The second-order valence-electron chi connectivity index (χ2n) is 7.13. The summed E-state index contributed by atoms with van der Waals surface area (Å²) in [5.74, 6) is 1.20. The van der Waals surface area contributed by atoms with E-state index in [9.17, 15) is 4.79 Å². The van der Waals surface area contributed by atoms with Crippen LogP contribution in [0, 0.1) is 5.92 Å². The van der Waals surface area contributed by atoms with Gasteiger partial charge < -0.3 is 0 Å². The van der Waals surface area contributed by atoms with Crippen LogP contribution in [0.5, 0.6) is 0 Å². The monoisotopic (exact) mass is 283 g/mol. The molecule has 2 unspecified atom stereocenters. The highest BCUT2D eigenvalue weighted by molar-refractivity contribution is 5.98. The number of rotatable bonds is 3. The zero-order valence-corrected chi connectivity index (χ0v) is 12.8. The average molecular weight is 283 g/mol. The topological polar surface area (TPSA) is 20.3 Å². The number of nitrogens with zero attached hydrogens (tertiary/aromatic N) is 1. The van der Waals surface area contributed by atoms with Gasteiger partial charge in [-0.1, -0.05) is 18.6 Å². The predicted molar refractivity (Wildman–Crippen MR) is 84.7 cm³/mol. The highest BCUT2D eigenvalue weighted by atomic mass is 16.1. The number of fused-ring (bicyclic) bond motifs is 2. The SMILES string of the molecule is O=C(CN1CCCC2CCCC21)c1ccc2c(c1)CCC2. The Morgan fingerprint density at radius 2 is 1.90 bits per heavy atom. The van der Waals surface area contributed by atoms with Crippen molar-refractivity contribution in [3.8, 4) is 0 Å². The molecule has 1 saturated heterocycles. The molecule has 0 N–H and O–H groups in total. The van der Waals surface area contributed by atoms with Gasteiger partial charge >= 0.3 is 0 Å². The van der Waals surface area contributed by atoms with Crippen LogP contribution in [-0.4, -0.2) is 29.8 Å². The number of ketones is 1. The van der Waals surface area contributed by atoms with Crippen molar-refractivity contribution in [2.75, 3.05) is 13.1 Å². The summed E-state index contributed by atoms with van der Waals surface area (Å²) in [6, 6.07) is 7.10. The maximum absolute atomic E-state index is 12.7. The first-order valence-electron chi connectivity index (χ1n) is 8.70.